The number of nitrogens with one attached hydrogen (secondary N) is 2. The van der Waals surface area contributed by atoms with E-state index in [1.54, 1.807) is 0 Å². The molecule has 2 aliphatic heterocycles. The second kappa shape index (κ2) is 20.6. The fourth-order valence-electron chi connectivity index (χ4n) is 10.7. The average molecular weight is 1280 g/mol. The van der Waals surface area contributed by atoms with E-state index in [4.69, 9.17) is 0 Å². The Morgan fingerprint density at radius 2 is 0.391 bits per heavy atom. The molecule has 0 saturated carbocycles. The molecule has 2 N–H and O–H groups in total. The molecule has 7 heterocycles. The van der Waals surface area contributed by atoms with Crippen molar-refractivity contribution in [3.8, 4) is 114 Å². The van der Waals surface area contributed by atoms with E-state index in [0.29, 0.717) is 48.5 Å². The van der Waals surface area contributed by atoms with Gasteiger partial charge in [-0.1, -0.05) is 0 Å². The van der Waals surface area contributed by atoms with Crippen LogP contribution in [0.15, 0.2) is 48.5 Å². The second-order valence-corrected chi connectivity index (χ2v) is 19.5. The lowest BCUT2D eigenvalue weighted by Crippen LogP contribution is -2.05. The molecule has 92 heavy (non-hydrogen) atoms. The number of rotatable bonds is 4. The molecule has 32 heteroatoms. The van der Waals surface area contributed by atoms with E-state index in [9.17, 15) is 21.0 Å². The van der Waals surface area contributed by atoms with Gasteiger partial charge in [-0.3, -0.25) is 0 Å². The highest BCUT2D eigenvalue weighted by Gasteiger charge is 2.39. The molecule has 0 amide bonds. The number of aromatic nitrogens is 8. The number of benzene rings is 6. The van der Waals surface area contributed by atoms with Gasteiger partial charge in [-0.25, -0.2) is 118 Å². The van der Waals surface area contributed by atoms with E-state index in [1.807, 2.05) is 0 Å². The summed E-state index contributed by atoms with van der Waals surface area (Å²) in [5, 5.41) is 39.7. The Balaban J connectivity index is 1.41. The summed E-state index contributed by atoms with van der Waals surface area (Å²) >= 11 is 0. The van der Waals surface area contributed by atoms with Gasteiger partial charge < -0.3 is 9.97 Å². The highest BCUT2D eigenvalue weighted by Crippen LogP contribution is 2.53. The maximum Gasteiger partial charge on any atom is 0.200 e. The van der Waals surface area contributed by atoms with Crippen LogP contribution in [-0.2, 0) is 0 Å². The van der Waals surface area contributed by atoms with Crippen LogP contribution in [0.5, 0.6) is 0 Å². The molecule has 0 radical (unpaired) electrons. The van der Waals surface area contributed by atoms with Crippen LogP contribution < -0.4 is 0 Å². The molecule has 0 spiro atoms. The predicted octanol–water partition coefficient (Wildman–Crippen LogP) is 15.8. The lowest BCUT2D eigenvalue weighted by atomic mass is 9.93. The lowest BCUT2D eigenvalue weighted by Gasteiger charge is -2.13. The van der Waals surface area contributed by atoms with E-state index in [1.165, 1.54) is 24.3 Å². The summed E-state index contributed by atoms with van der Waals surface area (Å²) < 4.78 is 322. The van der Waals surface area contributed by atoms with Gasteiger partial charge in [0.15, 0.2) is 116 Å². The Morgan fingerprint density at radius 1 is 0.228 bits per heavy atom. The number of fused-ring (bicyclic) bond motifs is 16. The van der Waals surface area contributed by atoms with E-state index in [0.717, 1.165) is 0 Å². The summed E-state index contributed by atoms with van der Waals surface area (Å²) in [5.74, 6) is -55.7. The maximum atomic E-state index is 16.9. The number of H-pyrrole nitrogens is 2. The highest BCUT2D eigenvalue weighted by molar-refractivity contribution is 6.10. The van der Waals surface area contributed by atoms with Gasteiger partial charge in [0.2, 0.25) is 23.3 Å². The molecule has 450 valence electrons. The summed E-state index contributed by atoms with van der Waals surface area (Å²) in [7, 11) is 0. The predicted molar refractivity (Wildman–Crippen MR) is 276 cm³/mol. The van der Waals surface area contributed by atoms with Crippen molar-refractivity contribution in [3.05, 3.63) is 188 Å². The molecule has 11 aromatic rings. The van der Waals surface area contributed by atoms with Gasteiger partial charge in [0.1, 0.15) is 24.3 Å². The normalized spacial score (nSPS) is 11.7. The van der Waals surface area contributed by atoms with Gasteiger partial charge in [0, 0.05) is 66.6 Å². The van der Waals surface area contributed by atoms with Crippen molar-refractivity contribution in [2.75, 3.05) is 0 Å². The van der Waals surface area contributed by atoms with Crippen molar-refractivity contribution in [2.45, 2.75) is 0 Å². The minimum atomic E-state index is -2.84. The molecule has 6 aromatic carbocycles. The Labute approximate surface area is 493 Å². The molecule has 12 nitrogen and oxygen atoms in total. The second-order valence-electron chi connectivity index (χ2n) is 19.5. The Kier molecular flexibility index (Phi) is 13.2. The SMILES string of the molecule is N#Cc1nc2cc3c(cc2nc1C#N)-c1nc-3c(-c2c(F)c(F)c(F)c(F)c2F)c2ccc([nH]2)c(-c2c(F)c(F)c(F)c(F)c2F)c2nc(c(-c3c(F)c(F)c(F)c(F)c3F)c3ccc([nH]3)c1-c1c(F)c(F)c(F)c(F)c1F)-c1cc3nc(C#N)c(C#N)nc3cc1-2. The van der Waals surface area contributed by atoms with Gasteiger partial charge in [0.25, 0.3) is 0 Å². The highest BCUT2D eigenvalue weighted by atomic mass is 19.2. The van der Waals surface area contributed by atoms with Gasteiger partial charge in [-0.2, -0.15) is 21.0 Å². The first-order chi connectivity index (χ1) is 43.8. The lowest BCUT2D eigenvalue weighted by molar-refractivity contribution is 0.381. The zero-order chi connectivity index (χ0) is 65.9. The Hall–Kier alpha value is -12.3. The third-order valence-electron chi connectivity index (χ3n) is 14.7. The van der Waals surface area contributed by atoms with Gasteiger partial charge in [-0.15, -0.1) is 0 Å². The van der Waals surface area contributed by atoms with E-state index < -0.39 is 273 Å². The number of nitrogens with zero attached hydrogens (tertiary/aromatic N) is 10. The number of hydrogen-bond acceptors (Lipinski definition) is 10. The van der Waals surface area contributed by atoms with Gasteiger partial charge in [0.05, 0.1) is 67.1 Å². The zero-order valence-corrected chi connectivity index (χ0v) is 43.7. The van der Waals surface area contributed by atoms with Crippen LogP contribution in [0.4, 0.5) is 87.8 Å². The van der Waals surface area contributed by atoms with Crippen molar-refractivity contribution in [1.82, 2.24) is 39.9 Å². The fourth-order valence-corrected chi connectivity index (χ4v) is 10.7. The van der Waals surface area contributed by atoms with Crippen molar-refractivity contribution < 1.29 is 87.8 Å². The third-order valence-corrected chi connectivity index (χ3v) is 14.7. The summed E-state index contributed by atoms with van der Waals surface area (Å²) in [4.78, 5) is 29.2. The van der Waals surface area contributed by atoms with Gasteiger partial charge in [-0.05, 0) is 48.5 Å². The third kappa shape index (κ3) is 8.09. The van der Waals surface area contributed by atoms with Crippen LogP contribution in [0.25, 0.3) is 134 Å². The molecule has 0 atom stereocenters. The zero-order valence-electron chi connectivity index (χ0n) is 43.7. The average Bonchev–Trinajstić information content (AvgIpc) is 1.54. The largest absolute Gasteiger partial charge is 0.354 e. The molecule has 5 aromatic heterocycles. The standard InChI is InChI=1S/C60H10F20N12/c61-37-33(38(62)46(70)53(77)45(37)69)29-17-1-2-18(85-17)30(34-39(63)47(71)54(78)48(72)40(34)64)58-15-7-23-24(90-28(12-84)27(11-83)89-23)8-16(15)60(92-58)32(36-43(67)51(75)56(80)52(76)44(36)68)20-4-3-19(86-20)31(35-41(65)49(73)55(79)50(74)42(35)66)59-14-6-22-21(5-13(14)57(29)91-59)87-25(9-81)26(10-82)88-22/h1-8,85-86H. The van der Waals surface area contributed by atoms with Crippen molar-refractivity contribution in [3.63, 3.8) is 0 Å². The van der Waals surface area contributed by atoms with E-state index in [-0.39, 0.29) is 0 Å². The first kappa shape index (κ1) is 58.7. The molecular weight excluding hydrogens is 1270 g/mol. The molecule has 0 fully saturated rings. The van der Waals surface area contributed by atoms with Crippen LogP contribution in [0, 0.1) is 162 Å². The minimum Gasteiger partial charge on any atom is -0.354 e. The molecule has 13 rings (SSSR count). The van der Waals surface area contributed by atoms with E-state index >= 15 is 87.8 Å². The Morgan fingerprint density at radius 3 is 0.554 bits per heavy atom. The van der Waals surface area contributed by atoms with Crippen LogP contribution in [0.1, 0.15) is 22.8 Å². The van der Waals surface area contributed by atoms with E-state index in [2.05, 4.69) is 39.9 Å². The molecule has 0 unspecified atom stereocenters. The molecule has 0 saturated heterocycles. The number of aromatic amines is 2. The summed E-state index contributed by atoms with van der Waals surface area (Å²) in [5.41, 5.74) is -33.1. The van der Waals surface area contributed by atoms with Crippen molar-refractivity contribution >= 4 is 44.1 Å². The fraction of sp³-hybridized carbons (Fsp3) is 0. The van der Waals surface area contributed by atoms with Crippen LogP contribution >= 0.6 is 0 Å². The quantitative estimate of drug-likeness (QED) is 0.0969. The maximum absolute atomic E-state index is 16.9. The van der Waals surface area contributed by atoms with Crippen molar-refractivity contribution in [1.29, 1.82) is 21.0 Å². The van der Waals surface area contributed by atoms with Crippen LogP contribution in [0.3, 0.4) is 0 Å². The monoisotopic (exact) mass is 1280 g/mol. The topological polar surface area (TPSA) is 204 Å². The number of halogens is 20. The van der Waals surface area contributed by atoms with Gasteiger partial charge >= 0.3 is 0 Å². The first-order valence-corrected chi connectivity index (χ1v) is 25.0. The van der Waals surface area contributed by atoms with Crippen LogP contribution in [0.2, 0.25) is 0 Å². The molecule has 2 aliphatic rings. The summed E-state index contributed by atoms with van der Waals surface area (Å²) in [6.07, 6.45) is 0. The minimum absolute atomic E-state index is 0.522. The molecule has 0 aliphatic carbocycles. The molecule has 8 bridgehead atoms. The smallest absolute Gasteiger partial charge is 0.200 e. The molecular formula is C60H10F20N12. The first-order valence-electron chi connectivity index (χ1n) is 25.0. The summed E-state index contributed by atoms with van der Waals surface area (Å²) in [6, 6.07) is 11.0. The van der Waals surface area contributed by atoms with Crippen LogP contribution in [-0.4, -0.2) is 39.9 Å². The Bertz CT molecular complexity index is 4940. The number of nitriles is 4. The summed E-state index contributed by atoms with van der Waals surface area (Å²) in [6.45, 7) is 0. The number of hydrogen-bond donors (Lipinski definition) is 2. The van der Waals surface area contributed by atoms with Crippen molar-refractivity contribution in [2.24, 2.45) is 0 Å².